The molecule has 1 aliphatic heterocycles. The van der Waals surface area contributed by atoms with Gasteiger partial charge in [-0.3, -0.25) is 14.5 Å². The van der Waals surface area contributed by atoms with Gasteiger partial charge in [-0.1, -0.05) is 24.3 Å². The van der Waals surface area contributed by atoms with Crippen LogP contribution >= 0.6 is 0 Å². The first-order valence-electron chi connectivity index (χ1n) is 9.80. The van der Waals surface area contributed by atoms with Gasteiger partial charge in [-0.25, -0.2) is 0 Å². The van der Waals surface area contributed by atoms with Crippen LogP contribution in [-0.4, -0.2) is 58.6 Å². The van der Waals surface area contributed by atoms with E-state index in [0.717, 1.165) is 50.5 Å². The fourth-order valence-corrected chi connectivity index (χ4v) is 3.59. The summed E-state index contributed by atoms with van der Waals surface area (Å²) >= 11 is 0. The third-order valence-electron chi connectivity index (χ3n) is 5.09. The van der Waals surface area contributed by atoms with Crippen LogP contribution in [0.1, 0.15) is 29.5 Å². The number of aryl methyl sites for hydroxylation is 1. The van der Waals surface area contributed by atoms with Gasteiger partial charge in [-0.2, -0.15) is 5.10 Å². The third-order valence-corrected chi connectivity index (χ3v) is 5.09. The molecule has 0 atom stereocenters. The normalized spacial score (nSPS) is 14.0. The molecule has 1 aliphatic rings. The molecule has 2 aromatic rings. The highest BCUT2D eigenvalue weighted by Gasteiger charge is 2.19. The van der Waals surface area contributed by atoms with Crippen molar-refractivity contribution in [2.75, 3.05) is 27.2 Å². The number of benzene rings is 1. The molecule has 0 radical (unpaired) electrons. The summed E-state index contributed by atoms with van der Waals surface area (Å²) in [5.74, 6) is 1.05. The molecule has 3 rings (SSSR count). The second-order valence-electron chi connectivity index (χ2n) is 7.29. The predicted octanol–water partition coefficient (Wildman–Crippen LogP) is 1.79. The Balaban J connectivity index is 1.40. The Labute approximate surface area is 167 Å². The van der Waals surface area contributed by atoms with Crippen molar-refractivity contribution in [3.05, 3.63) is 53.3 Å². The Morgan fingerprint density at radius 3 is 2.82 bits per heavy atom. The summed E-state index contributed by atoms with van der Waals surface area (Å²) in [6.07, 6.45) is 6.15. The predicted molar refractivity (Wildman–Crippen MR) is 111 cm³/mol. The first-order valence-corrected chi connectivity index (χ1v) is 9.80. The maximum absolute atomic E-state index is 12.5. The first kappa shape index (κ1) is 19.9. The lowest BCUT2D eigenvalue weighted by molar-refractivity contribution is -0.132. The fraction of sp³-hybridized carbons (Fsp3) is 0.476. The third kappa shape index (κ3) is 5.12. The van der Waals surface area contributed by atoms with Crippen molar-refractivity contribution in [3.63, 3.8) is 0 Å². The molecule has 1 aromatic carbocycles. The molecule has 0 unspecified atom stereocenters. The van der Waals surface area contributed by atoms with Crippen molar-refractivity contribution >= 4 is 11.9 Å². The number of aromatic nitrogens is 2. The lowest BCUT2D eigenvalue weighted by Gasteiger charge is -2.29. The molecule has 7 nitrogen and oxygen atoms in total. The zero-order chi connectivity index (χ0) is 19.9. The number of rotatable bonds is 6. The molecule has 0 fully saturated rings. The summed E-state index contributed by atoms with van der Waals surface area (Å²) in [5.41, 5.74) is 3.78. The maximum Gasteiger partial charge on any atom is 0.222 e. The van der Waals surface area contributed by atoms with Crippen molar-refractivity contribution in [3.8, 4) is 0 Å². The molecular formula is C21H30N6O. The number of hydrogen-bond acceptors (Lipinski definition) is 3. The van der Waals surface area contributed by atoms with Gasteiger partial charge in [0, 0.05) is 65.5 Å². The van der Waals surface area contributed by atoms with E-state index >= 15 is 0 Å². The smallest absolute Gasteiger partial charge is 0.222 e. The zero-order valence-corrected chi connectivity index (χ0v) is 17.1. The average molecular weight is 383 g/mol. The Bertz CT molecular complexity index is 828. The standard InChI is InChI=1S/C21H30N6O/c1-22-21(25(2)14-17-13-24-26(3)15-17)23-11-6-9-20(28)27-12-10-18-7-4-5-8-19(18)16-27/h4-5,7-8,13,15H,6,9-12,14,16H2,1-3H3,(H,22,23). The van der Waals surface area contributed by atoms with E-state index in [9.17, 15) is 4.79 Å². The minimum Gasteiger partial charge on any atom is -0.356 e. The molecule has 0 bridgehead atoms. The second-order valence-corrected chi connectivity index (χ2v) is 7.29. The molecule has 1 N–H and O–H groups in total. The number of hydrogen-bond donors (Lipinski definition) is 1. The van der Waals surface area contributed by atoms with Gasteiger partial charge < -0.3 is 15.1 Å². The van der Waals surface area contributed by atoms with Gasteiger partial charge in [0.1, 0.15) is 0 Å². The number of nitrogens with zero attached hydrogens (tertiary/aromatic N) is 5. The summed E-state index contributed by atoms with van der Waals surface area (Å²) < 4.78 is 1.80. The largest absolute Gasteiger partial charge is 0.356 e. The summed E-state index contributed by atoms with van der Waals surface area (Å²) in [4.78, 5) is 20.9. The molecule has 150 valence electrons. The summed E-state index contributed by atoms with van der Waals surface area (Å²) in [6, 6.07) is 8.40. The van der Waals surface area contributed by atoms with Gasteiger partial charge in [0.15, 0.2) is 5.96 Å². The Kier molecular flexibility index (Phi) is 6.68. The van der Waals surface area contributed by atoms with E-state index in [1.54, 1.807) is 11.7 Å². The van der Waals surface area contributed by atoms with Crippen molar-refractivity contribution in [1.82, 2.24) is 24.9 Å². The highest BCUT2D eigenvalue weighted by atomic mass is 16.2. The molecular weight excluding hydrogens is 352 g/mol. The lowest BCUT2D eigenvalue weighted by atomic mass is 9.99. The van der Waals surface area contributed by atoms with Crippen LogP contribution in [0.4, 0.5) is 0 Å². The topological polar surface area (TPSA) is 65.8 Å². The minimum absolute atomic E-state index is 0.231. The number of guanidine groups is 1. The molecule has 2 heterocycles. The van der Waals surface area contributed by atoms with Crippen LogP contribution in [0.2, 0.25) is 0 Å². The average Bonchev–Trinajstić information content (AvgIpc) is 3.11. The molecule has 1 amide bonds. The van der Waals surface area contributed by atoms with Crippen molar-refractivity contribution in [1.29, 1.82) is 0 Å². The molecule has 1 aromatic heterocycles. The maximum atomic E-state index is 12.5. The van der Waals surface area contributed by atoms with E-state index in [1.165, 1.54) is 11.1 Å². The number of carbonyl (C=O) groups is 1. The van der Waals surface area contributed by atoms with Crippen LogP contribution in [0, 0.1) is 0 Å². The van der Waals surface area contributed by atoms with Crippen molar-refractivity contribution < 1.29 is 4.79 Å². The highest BCUT2D eigenvalue weighted by molar-refractivity contribution is 5.80. The van der Waals surface area contributed by atoms with Gasteiger partial charge >= 0.3 is 0 Å². The molecule has 0 aliphatic carbocycles. The highest BCUT2D eigenvalue weighted by Crippen LogP contribution is 2.19. The number of carbonyl (C=O) groups excluding carboxylic acids is 1. The number of fused-ring (bicyclic) bond motifs is 1. The second kappa shape index (κ2) is 9.39. The van der Waals surface area contributed by atoms with Crippen LogP contribution in [0.3, 0.4) is 0 Å². The van der Waals surface area contributed by atoms with Crippen LogP contribution in [0.25, 0.3) is 0 Å². The van der Waals surface area contributed by atoms with Gasteiger partial charge in [-0.15, -0.1) is 0 Å². The fourth-order valence-electron chi connectivity index (χ4n) is 3.59. The quantitative estimate of drug-likeness (QED) is 0.470. The van der Waals surface area contributed by atoms with Crippen LogP contribution in [0.5, 0.6) is 0 Å². The van der Waals surface area contributed by atoms with Gasteiger partial charge in [-0.05, 0) is 24.0 Å². The molecule has 0 saturated heterocycles. The van der Waals surface area contributed by atoms with Gasteiger partial charge in [0.05, 0.1) is 6.20 Å². The van der Waals surface area contributed by atoms with E-state index in [-0.39, 0.29) is 5.91 Å². The van der Waals surface area contributed by atoms with E-state index < -0.39 is 0 Å². The Morgan fingerprint density at radius 2 is 2.11 bits per heavy atom. The van der Waals surface area contributed by atoms with Gasteiger partial charge in [0.2, 0.25) is 5.91 Å². The summed E-state index contributed by atoms with van der Waals surface area (Å²) in [7, 11) is 5.69. The molecule has 0 spiro atoms. The van der Waals surface area contributed by atoms with Crippen LogP contribution in [-0.2, 0) is 31.4 Å². The zero-order valence-electron chi connectivity index (χ0n) is 17.1. The van der Waals surface area contributed by atoms with Crippen LogP contribution in [0.15, 0.2) is 41.7 Å². The van der Waals surface area contributed by atoms with Crippen molar-refractivity contribution in [2.24, 2.45) is 12.0 Å². The van der Waals surface area contributed by atoms with E-state index in [2.05, 4.69) is 38.5 Å². The van der Waals surface area contributed by atoms with Gasteiger partial charge in [0.25, 0.3) is 0 Å². The Morgan fingerprint density at radius 1 is 1.32 bits per heavy atom. The Hall–Kier alpha value is -2.83. The minimum atomic E-state index is 0.231. The SMILES string of the molecule is CN=C(NCCCC(=O)N1CCc2ccccc2C1)N(C)Cc1cnn(C)c1. The van der Waals surface area contributed by atoms with Crippen molar-refractivity contribution in [2.45, 2.75) is 32.4 Å². The molecule has 7 heteroatoms. The molecule has 28 heavy (non-hydrogen) atoms. The molecule has 0 saturated carbocycles. The summed E-state index contributed by atoms with van der Waals surface area (Å²) in [6.45, 7) is 3.01. The summed E-state index contributed by atoms with van der Waals surface area (Å²) in [5, 5.41) is 7.54. The van der Waals surface area contributed by atoms with E-state index in [0.29, 0.717) is 6.42 Å². The van der Waals surface area contributed by atoms with E-state index in [1.807, 2.05) is 37.5 Å². The van der Waals surface area contributed by atoms with E-state index in [4.69, 9.17) is 0 Å². The monoisotopic (exact) mass is 382 g/mol. The lowest BCUT2D eigenvalue weighted by Crippen LogP contribution is -2.39. The first-order chi connectivity index (χ1) is 13.6. The number of aliphatic imine (C=N–C) groups is 1. The number of nitrogens with one attached hydrogen (secondary N) is 1. The van der Waals surface area contributed by atoms with Crippen LogP contribution < -0.4 is 5.32 Å². The number of amides is 1.